The number of hydrogen-bond donors (Lipinski definition) is 1. The highest BCUT2D eigenvalue weighted by molar-refractivity contribution is 6.05. The third-order valence-electron chi connectivity index (χ3n) is 2.61. The summed E-state index contributed by atoms with van der Waals surface area (Å²) in [6, 6.07) is 8.20. The minimum absolute atomic E-state index is 0.106. The summed E-state index contributed by atoms with van der Waals surface area (Å²) in [5.41, 5.74) is 1.38. The van der Waals surface area contributed by atoms with Crippen LogP contribution in [0.25, 0.3) is 0 Å². The molecule has 0 bridgehead atoms. The average Bonchev–Trinajstić information content (AvgIpc) is 2.41. The molecular weight excluding hydrogens is 247 g/mol. The van der Waals surface area contributed by atoms with Crippen molar-refractivity contribution in [3.63, 3.8) is 0 Å². The van der Waals surface area contributed by atoms with Gasteiger partial charge >= 0.3 is 0 Å². The van der Waals surface area contributed by atoms with Gasteiger partial charge in [-0.05, 0) is 36.8 Å². The zero-order valence-corrected chi connectivity index (χ0v) is 10.6. The van der Waals surface area contributed by atoms with E-state index >= 15 is 0 Å². The Labute approximate surface area is 110 Å². The van der Waals surface area contributed by atoms with Crippen LogP contribution in [-0.2, 0) is 0 Å². The van der Waals surface area contributed by atoms with Gasteiger partial charge in [0.05, 0.1) is 18.4 Å². The molecule has 1 amide bonds. The van der Waals surface area contributed by atoms with Crippen LogP contribution in [0.15, 0.2) is 36.5 Å². The number of aromatic nitrogens is 1. The van der Waals surface area contributed by atoms with Crippen LogP contribution in [0, 0.1) is 12.9 Å². The lowest BCUT2D eigenvalue weighted by Crippen LogP contribution is -2.15. The smallest absolute Gasteiger partial charge is 0.260 e. The van der Waals surface area contributed by atoms with Gasteiger partial charge in [0, 0.05) is 6.20 Å². The Morgan fingerprint density at radius 3 is 2.84 bits per heavy atom. The van der Waals surface area contributed by atoms with Crippen LogP contribution >= 0.6 is 0 Å². The molecule has 0 saturated carbocycles. The van der Waals surface area contributed by atoms with Gasteiger partial charge in [0.1, 0.15) is 5.75 Å². The monoisotopic (exact) mass is 260 g/mol. The van der Waals surface area contributed by atoms with Crippen LogP contribution in [0.2, 0.25) is 0 Å². The molecule has 0 aliphatic rings. The van der Waals surface area contributed by atoms with Crippen molar-refractivity contribution in [1.29, 1.82) is 0 Å². The molecule has 19 heavy (non-hydrogen) atoms. The van der Waals surface area contributed by atoms with Gasteiger partial charge in [-0.2, -0.15) is 4.39 Å². The molecular formula is C14H13FN2O2. The summed E-state index contributed by atoms with van der Waals surface area (Å²) in [5.74, 6) is -0.837. The lowest BCUT2D eigenvalue weighted by molar-refractivity contribution is 0.102. The highest BCUT2D eigenvalue weighted by Gasteiger charge is 2.14. The maximum atomic E-state index is 13.4. The number of rotatable bonds is 3. The maximum absolute atomic E-state index is 13.4. The first-order valence-electron chi connectivity index (χ1n) is 5.68. The van der Waals surface area contributed by atoms with Crippen molar-refractivity contribution in [3.8, 4) is 5.75 Å². The van der Waals surface area contributed by atoms with Crippen molar-refractivity contribution < 1.29 is 13.9 Å². The van der Waals surface area contributed by atoms with E-state index in [1.165, 1.54) is 25.4 Å². The van der Waals surface area contributed by atoms with Crippen LogP contribution in [-0.4, -0.2) is 18.0 Å². The number of hydrogen-bond acceptors (Lipinski definition) is 3. The quantitative estimate of drug-likeness (QED) is 0.863. The van der Waals surface area contributed by atoms with Gasteiger partial charge in [-0.15, -0.1) is 0 Å². The number of carbonyl (C=O) groups is 1. The van der Waals surface area contributed by atoms with E-state index in [-0.39, 0.29) is 5.56 Å². The van der Waals surface area contributed by atoms with Gasteiger partial charge in [-0.25, -0.2) is 4.98 Å². The fourth-order valence-corrected chi connectivity index (χ4v) is 1.65. The molecule has 1 N–H and O–H groups in total. The Balaban J connectivity index is 2.27. The first kappa shape index (κ1) is 13.0. The van der Waals surface area contributed by atoms with Crippen LogP contribution < -0.4 is 10.1 Å². The summed E-state index contributed by atoms with van der Waals surface area (Å²) in [7, 11) is 1.51. The first-order chi connectivity index (χ1) is 9.11. The second-order valence-corrected chi connectivity index (χ2v) is 4.00. The van der Waals surface area contributed by atoms with Crippen molar-refractivity contribution in [2.24, 2.45) is 0 Å². The molecule has 2 aromatic rings. The predicted molar refractivity (Wildman–Crippen MR) is 69.9 cm³/mol. The molecule has 0 spiro atoms. The van der Waals surface area contributed by atoms with Crippen LogP contribution in [0.4, 0.5) is 10.1 Å². The van der Waals surface area contributed by atoms with E-state index in [1.807, 2.05) is 13.0 Å². The third kappa shape index (κ3) is 2.88. The molecule has 0 radical (unpaired) electrons. The van der Waals surface area contributed by atoms with Crippen molar-refractivity contribution in [3.05, 3.63) is 53.6 Å². The fourth-order valence-electron chi connectivity index (χ4n) is 1.65. The normalized spacial score (nSPS) is 10.1. The van der Waals surface area contributed by atoms with Crippen LogP contribution in [0.1, 0.15) is 15.9 Å². The molecule has 98 valence electrons. The fraction of sp³-hybridized carbons (Fsp3) is 0.143. The number of halogens is 1. The number of amides is 1. The highest BCUT2D eigenvalue weighted by atomic mass is 19.1. The minimum atomic E-state index is -0.800. The zero-order chi connectivity index (χ0) is 13.8. The standard InChI is InChI=1S/C14H13FN2O2/c1-9-5-6-11(12(8-9)19-2)17-14(18)10-4-3-7-16-13(10)15/h3-8H,1-2H3,(H,17,18). The van der Waals surface area contributed by atoms with Crippen molar-refractivity contribution in [1.82, 2.24) is 4.98 Å². The van der Waals surface area contributed by atoms with E-state index in [1.54, 1.807) is 12.1 Å². The maximum Gasteiger partial charge on any atom is 0.260 e. The summed E-state index contributed by atoms with van der Waals surface area (Å²) < 4.78 is 18.6. The molecule has 2 rings (SSSR count). The second-order valence-electron chi connectivity index (χ2n) is 4.00. The molecule has 0 fully saturated rings. The Morgan fingerprint density at radius 1 is 1.37 bits per heavy atom. The Morgan fingerprint density at radius 2 is 2.16 bits per heavy atom. The lowest BCUT2D eigenvalue weighted by atomic mass is 10.2. The topological polar surface area (TPSA) is 51.2 Å². The number of methoxy groups -OCH3 is 1. The number of aryl methyl sites for hydroxylation is 1. The summed E-state index contributed by atoms with van der Waals surface area (Å²) in [5, 5.41) is 2.60. The van der Waals surface area contributed by atoms with E-state index in [9.17, 15) is 9.18 Å². The summed E-state index contributed by atoms with van der Waals surface area (Å²) in [6.07, 6.45) is 1.29. The molecule has 5 heteroatoms. The molecule has 4 nitrogen and oxygen atoms in total. The lowest BCUT2D eigenvalue weighted by Gasteiger charge is -2.11. The highest BCUT2D eigenvalue weighted by Crippen LogP contribution is 2.25. The molecule has 0 unspecified atom stereocenters. The first-order valence-corrected chi connectivity index (χ1v) is 5.68. The number of nitrogens with zero attached hydrogens (tertiary/aromatic N) is 1. The van der Waals surface area contributed by atoms with Gasteiger partial charge in [0.25, 0.3) is 5.91 Å². The van der Waals surface area contributed by atoms with Crippen LogP contribution in [0.3, 0.4) is 0 Å². The molecule has 1 aromatic heterocycles. The number of ether oxygens (including phenoxy) is 1. The summed E-state index contributed by atoms with van der Waals surface area (Å²) in [6.45, 7) is 1.91. The van der Waals surface area contributed by atoms with E-state index in [0.717, 1.165) is 5.56 Å². The SMILES string of the molecule is COc1cc(C)ccc1NC(=O)c1cccnc1F. The van der Waals surface area contributed by atoms with Gasteiger partial charge in [0.2, 0.25) is 5.95 Å². The zero-order valence-electron chi connectivity index (χ0n) is 10.6. The molecule has 1 aromatic carbocycles. The van der Waals surface area contributed by atoms with Gasteiger partial charge < -0.3 is 10.1 Å². The number of carbonyl (C=O) groups excluding carboxylic acids is 1. The van der Waals surface area contributed by atoms with Crippen molar-refractivity contribution >= 4 is 11.6 Å². The van der Waals surface area contributed by atoms with Crippen molar-refractivity contribution in [2.45, 2.75) is 6.92 Å². The van der Waals surface area contributed by atoms with Gasteiger partial charge in [0.15, 0.2) is 0 Å². The molecule has 0 atom stereocenters. The van der Waals surface area contributed by atoms with Gasteiger partial charge in [-0.1, -0.05) is 6.07 Å². The largest absolute Gasteiger partial charge is 0.495 e. The van der Waals surface area contributed by atoms with E-state index in [2.05, 4.69) is 10.3 Å². The minimum Gasteiger partial charge on any atom is -0.495 e. The van der Waals surface area contributed by atoms with E-state index in [0.29, 0.717) is 11.4 Å². The average molecular weight is 260 g/mol. The van der Waals surface area contributed by atoms with Crippen LogP contribution in [0.5, 0.6) is 5.75 Å². The van der Waals surface area contributed by atoms with E-state index in [4.69, 9.17) is 4.74 Å². The molecule has 1 heterocycles. The second kappa shape index (κ2) is 5.48. The number of benzene rings is 1. The van der Waals surface area contributed by atoms with Gasteiger partial charge in [-0.3, -0.25) is 4.79 Å². The Hall–Kier alpha value is -2.43. The molecule has 0 saturated heterocycles. The Kier molecular flexibility index (Phi) is 3.75. The molecule has 0 aliphatic heterocycles. The summed E-state index contributed by atoms with van der Waals surface area (Å²) >= 11 is 0. The number of anilines is 1. The predicted octanol–water partition coefficient (Wildman–Crippen LogP) is 2.79. The van der Waals surface area contributed by atoms with Crippen molar-refractivity contribution in [2.75, 3.05) is 12.4 Å². The number of pyridine rings is 1. The van der Waals surface area contributed by atoms with E-state index < -0.39 is 11.9 Å². The Bertz CT molecular complexity index is 614. The molecule has 0 aliphatic carbocycles. The third-order valence-corrected chi connectivity index (χ3v) is 2.61. The summed E-state index contributed by atoms with van der Waals surface area (Å²) in [4.78, 5) is 15.4. The number of nitrogens with one attached hydrogen (secondary N) is 1.